The molecule has 3 N–H and O–H groups in total. The lowest BCUT2D eigenvalue weighted by Gasteiger charge is -2.13. The third-order valence-electron chi connectivity index (χ3n) is 5.19. The van der Waals surface area contributed by atoms with Crippen molar-refractivity contribution in [2.24, 2.45) is 5.10 Å². The average molecular weight is 561 g/mol. The Hall–Kier alpha value is -3.44. The van der Waals surface area contributed by atoms with Crippen LogP contribution >= 0.6 is 15.9 Å². The largest absolute Gasteiger partial charge is 0.490 e. The molecule has 3 amide bonds. The molecule has 0 bridgehead atoms. The second kappa shape index (κ2) is 13.6. The third kappa shape index (κ3) is 8.35. The first-order valence-electron chi connectivity index (χ1n) is 11.5. The molecule has 0 spiro atoms. The van der Waals surface area contributed by atoms with E-state index in [-0.39, 0.29) is 25.2 Å². The van der Waals surface area contributed by atoms with Gasteiger partial charge in [0, 0.05) is 23.3 Å². The lowest BCUT2D eigenvalue weighted by atomic mass is 10.2. The number of halogens is 1. The summed E-state index contributed by atoms with van der Waals surface area (Å²) in [6.07, 6.45) is 3.13. The Labute approximate surface area is 217 Å². The van der Waals surface area contributed by atoms with Crippen LogP contribution in [-0.4, -0.2) is 56.4 Å². The number of hydrogen-bond acceptors (Lipinski definition) is 7. The number of hydrazone groups is 1. The lowest BCUT2D eigenvalue weighted by Crippen LogP contribution is -2.41. The molecular weight excluding hydrogens is 532 g/mol. The Morgan fingerprint density at radius 2 is 1.97 bits per heavy atom. The number of carbonyl (C=O) groups excluding carboxylic acids is 3. The minimum absolute atomic E-state index is 0.0565. The molecule has 1 aliphatic rings. The van der Waals surface area contributed by atoms with Gasteiger partial charge in [-0.25, -0.2) is 5.43 Å². The number of ether oxygens (including phenoxy) is 3. The molecule has 2 aromatic carbocycles. The number of rotatable bonds is 10. The van der Waals surface area contributed by atoms with Gasteiger partial charge >= 0.3 is 11.8 Å². The summed E-state index contributed by atoms with van der Waals surface area (Å²) in [6, 6.07) is 10.5. The predicted octanol–water partition coefficient (Wildman–Crippen LogP) is 2.92. The fourth-order valence-electron chi connectivity index (χ4n) is 3.40. The smallest absolute Gasteiger partial charge is 0.329 e. The first-order chi connectivity index (χ1) is 17.4. The SMILES string of the molecule is CCOc1cc(/C=N\NC(=O)C(=O)NC[C@@H]2CCCO2)ccc1OCC(=O)Nc1ccc(Br)cc1C. The summed E-state index contributed by atoms with van der Waals surface area (Å²) in [6.45, 7) is 4.85. The molecule has 1 saturated heterocycles. The van der Waals surface area contributed by atoms with Gasteiger partial charge in [0.15, 0.2) is 18.1 Å². The van der Waals surface area contributed by atoms with Crippen molar-refractivity contribution in [3.8, 4) is 11.5 Å². The fourth-order valence-corrected chi connectivity index (χ4v) is 3.87. The lowest BCUT2D eigenvalue weighted by molar-refractivity contribution is -0.139. The topological polar surface area (TPSA) is 127 Å². The summed E-state index contributed by atoms with van der Waals surface area (Å²) in [5.41, 5.74) is 4.41. The van der Waals surface area contributed by atoms with E-state index in [1.807, 2.05) is 32.0 Å². The molecule has 192 valence electrons. The van der Waals surface area contributed by atoms with E-state index in [0.717, 1.165) is 22.9 Å². The second-order valence-electron chi connectivity index (χ2n) is 7.98. The van der Waals surface area contributed by atoms with E-state index >= 15 is 0 Å². The molecule has 10 nitrogen and oxygen atoms in total. The minimum Gasteiger partial charge on any atom is -0.490 e. The molecule has 1 atom stereocenters. The zero-order valence-electron chi connectivity index (χ0n) is 20.1. The van der Waals surface area contributed by atoms with Gasteiger partial charge in [0.25, 0.3) is 5.91 Å². The van der Waals surface area contributed by atoms with Crippen LogP contribution in [0.4, 0.5) is 5.69 Å². The van der Waals surface area contributed by atoms with Gasteiger partial charge in [-0.15, -0.1) is 0 Å². The van der Waals surface area contributed by atoms with E-state index in [2.05, 4.69) is 37.1 Å². The number of nitrogens with one attached hydrogen (secondary N) is 3. The van der Waals surface area contributed by atoms with Gasteiger partial charge in [-0.3, -0.25) is 14.4 Å². The fraction of sp³-hybridized carbons (Fsp3) is 0.360. The van der Waals surface area contributed by atoms with Gasteiger partial charge in [-0.1, -0.05) is 15.9 Å². The summed E-state index contributed by atoms with van der Waals surface area (Å²) < 4.78 is 17.6. The quantitative estimate of drug-likeness (QED) is 0.233. The maximum atomic E-state index is 12.4. The van der Waals surface area contributed by atoms with Crippen molar-refractivity contribution in [3.05, 3.63) is 52.0 Å². The van der Waals surface area contributed by atoms with Gasteiger partial charge in [0.1, 0.15) is 0 Å². The van der Waals surface area contributed by atoms with Crippen LogP contribution in [-0.2, 0) is 19.1 Å². The van der Waals surface area contributed by atoms with Crippen LogP contribution in [0.25, 0.3) is 0 Å². The van der Waals surface area contributed by atoms with Crippen LogP contribution in [0, 0.1) is 6.92 Å². The Kier molecular flexibility index (Phi) is 10.3. The normalized spacial score (nSPS) is 14.9. The van der Waals surface area contributed by atoms with Gasteiger partial charge in [0.2, 0.25) is 0 Å². The predicted molar refractivity (Wildman–Crippen MR) is 138 cm³/mol. The van der Waals surface area contributed by atoms with Crippen LogP contribution in [0.1, 0.15) is 30.9 Å². The molecule has 1 heterocycles. The molecule has 0 saturated carbocycles. The molecule has 0 aromatic heterocycles. The maximum absolute atomic E-state index is 12.4. The van der Waals surface area contributed by atoms with E-state index in [1.165, 1.54) is 6.21 Å². The van der Waals surface area contributed by atoms with Crippen molar-refractivity contribution in [2.45, 2.75) is 32.8 Å². The van der Waals surface area contributed by atoms with Crippen LogP contribution in [0.2, 0.25) is 0 Å². The first-order valence-corrected chi connectivity index (χ1v) is 12.3. The number of aryl methyl sites for hydroxylation is 1. The van der Waals surface area contributed by atoms with Crippen molar-refractivity contribution in [2.75, 3.05) is 31.7 Å². The van der Waals surface area contributed by atoms with Crippen molar-refractivity contribution >= 4 is 45.6 Å². The minimum atomic E-state index is -0.874. The monoisotopic (exact) mass is 560 g/mol. The highest BCUT2D eigenvalue weighted by atomic mass is 79.9. The summed E-state index contributed by atoms with van der Waals surface area (Å²) in [7, 11) is 0. The van der Waals surface area contributed by atoms with Crippen LogP contribution in [0.3, 0.4) is 0 Å². The maximum Gasteiger partial charge on any atom is 0.329 e. The Bertz CT molecular complexity index is 1120. The van der Waals surface area contributed by atoms with Crippen LogP contribution in [0.15, 0.2) is 46.0 Å². The summed E-state index contributed by atoms with van der Waals surface area (Å²) in [4.78, 5) is 36.1. The molecular formula is C25H29BrN4O6. The van der Waals surface area contributed by atoms with Gasteiger partial charge in [-0.2, -0.15) is 5.10 Å². The van der Waals surface area contributed by atoms with Crippen molar-refractivity contribution in [1.82, 2.24) is 10.7 Å². The van der Waals surface area contributed by atoms with E-state index < -0.39 is 11.8 Å². The Morgan fingerprint density at radius 1 is 1.14 bits per heavy atom. The molecule has 1 aliphatic heterocycles. The molecule has 0 aliphatic carbocycles. The average Bonchev–Trinajstić information content (AvgIpc) is 3.37. The molecule has 3 rings (SSSR count). The molecule has 2 aromatic rings. The van der Waals surface area contributed by atoms with Crippen molar-refractivity contribution in [1.29, 1.82) is 0 Å². The highest BCUT2D eigenvalue weighted by Crippen LogP contribution is 2.28. The second-order valence-corrected chi connectivity index (χ2v) is 8.90. The van der Waals surface area contributed by atoms with E-state index in [9.17, 15) is 14.4 Å². The summed E-state index contributed by atoms with van der Waals surface area (Å²) in [5.74, 6) is -1.17. The third-order valence-corrected chi connectivity index (χ3v) is 5.68. The Balaban J connectivity index is 1.52. The highest BCUT2D eigenvalue weighted by Gasteiger charge is 2.19. The van der Waals surface area contributed by atoms with E-state index in [0.29, 0.717) is 36.0 Å². The van der Waals surface area contributed by atoms with Crippen LogP contribution in [0.5, 0.6) is 11.5 Å². The van der Waals surface area contributed by atoms with Gasteiger partial charge in [-0.05, 0) is 74.2 Å². The number of nitrogens with zero attached hydrogens (tertiary/aromatic N) is 1. The number of benzene rings is 2. The standard InChI is InChI=1S/C25H29BrN4O6/c1-3-34-22-12-17(13-28-30-25(33)24(32)27-14-19-5-4-10-35-19)6-9-21(22)36-15-23(31)29-20-8-7-18(26)11-16(20)2/h6-9,11-13,19H,3-5,10,14-15H2,1-2H3,(H,27,32)(H,29,31)(H,30,33)/b28-13-/t19-/m0/s1. The Morgan fingerprint density at radius 3 is 2.69 bits per heavy atom. The zero-order valence-corrected chi connectivity index (χ0v) is 21.7. The van der Waals surface area contributed by atoms with Gasteiger partial charge in [0.05, 0.1) is 18.9 Å². The first kappa shape index (κ1) is 27.2. The summed E-state index contributed by atoms with van der Waals surface area (Å²) >= 11 is 3.40. The van der Waals surface area contributed by atoms with Gasteiger partial charge < -0.3 is 24.8 Å². The van der Waals surface area contributed by atoms with Crippen molar-refractivity contribution < 1.29 is 28.6 Å². The highest BCUT2D eigenvalue weighted by molar-refractivity contribution is 9.10. The molecule has 11 heteroatoms. The van der Waals surface area contributed by atoms with Crippen molar-refractivity contribution in [3.63, 3.8) is 0 Å². The van der Waals surface area contributed by atoms with E-state index in [4.69, 9.17) is 14.2 Å². The summed E-state index contributed by atoms with van der Waals surface area (Å²) in [5, 5.41) is 9.17. The number of anilines is 1. The van der Waals surface area contributed by atoms with E-state index in [1.54, 1.807) is 18.2 Å². The molecule has 1 fully saturated rings. The number of carbonyl (C=O) groups is 3. The zero-order chi connectivity index (χ0) is 25.9. The number of amides is 3. The molecule has 0 radical (unpaired) electrons. The van der Waals surface area contributed by atoms with Crippen LogP contribution < -0.4 is 25.5 Å². The molecule has 36 heavy (non-hydrogen) atoms. The number of hydrogen-bond donors (Lipinski definition) is 3. The molecule has 0 unspecified atom stereocenters.